The summed E-state index contributed by atoms with van der Waals surface area (Å²) in [6.07, 6.45) is 0.374. The number of nitrogens with one attached hydrogen (secondary N) is 1. The average molecular weight is 216 g/mol. The van der Waals surface area contributed by atoms with Gasteiger partial charge in [-0.2, -0.15) is 11.8 Å². The molecule has 0 amide bonds. The Balaban J connectivity index is 1.74. The summed E-state index contributed by atoms with van der Waals surface area (Å²) >= 11 is 2.02. The van der Waals surface area contributed by atoms with Gasteiger partial charge in [-0.05, 0) is 14.0 Å². The van der Waals surface area contributed by atoms with Gasteiger partial charge in [0.15, 0.2) is 0 Å². The number of likely N-dealkylation sites (N-methyl/N-ethyl adjacent to an activating group) is 1. The summed E-state index contributed by atoms with van der Waals surface area (Å²) < 4.78 is 5.77. The normalized spacial score (nSPS) is 32.6. The van der Waals surface area contributed by atoms with Crippen LogP contribution < -0.4 is 5.32 Å². The first kappa shape index (κ1) is 10.7. The first-order chi connectivity index (χ1) is 6.75. The number of rotatable bonds is 3. The second kappa shape index (κ2) is 4.84. The summed E-state index contributed by atoms with van der Waals surface area (Å²) in [5, 5.41) is 3.63. The average Bonchev–Trinajstić information content (AvgIpc) is 2.11. The van der Waals surface area contributed by atoms with Gasteiger partial charge in [-0.15, -0.1) is 0 Å². The van der Waals surface area contributed by atoms with Gasteiger partial charge >= 0.3 is 0 Å². The SMILES string of the molecule is CC(NC1CSC1)C1CN(C)CCO1. The lowest BCUT2D eigenvalue weighted by atomic mass is 10.1. The molecule has 2 atom stereocenters. The van der Waals surface area contributed by atoms with Crippen molar-refractivity contribution in [1.29, 1.82) is 0 Å². The van der Waals surface area contributed by atoms with Crippen LogP contribution in [0.2, 0.25) is 0 Å². The maximum atomic E-state index is 5.77. The fraction of sp³-hybridized carbons (Fsp3) is 1.00. The van der Waals surface area contributed by atoms with Crippen molar-refractivity contribution in [1.82, 2.24) is 10.2 Å². The molecule has 2 fully saturated rings. The third-order valence-corrected chi connectivity index (χ3v) is 4.27. The van der Waals surface area contributed by atoms with Crippen LogP contribution in [-0.4, -0.2) is 61.3 Å². The van der Waals surface area contributed by atoms with Crippen molar-refractivity contribution in [2.24, 2.45) is 0 Å². The van der Waals surface area contributed by atoms with E-state index in [0.29, 0.717) is 12.1 Å². The first-order valence-corrected chi connectivity index (χ1v) is 6.55. The predicted molar refractivity (Wildman–Crippen MR) is 60.9 cm³/mol. The minimum Gasteiger partial charge on any atom is -0.374 e. The molecule has 14 heavy (non-hydrogen) atoms. The van der Waals surface area contributed by atoms with Gasteiger partial charge in [0.05, 0.1) is 12.7 Å². The van der Waals surface area contributed by atoms with Crippen LogP contribution in [0.4, 0.5) is 0 Å². The maximum absolute atomic E-state index is 5.77. The largest absolute Gasteiger partial charge is 0.374 e. The minimum atomic E-state index is 0.374. The quantitative estimate of drug-likeness (QED) is 0.738. The van der Waals surface area contributed by atoms with E-state index in [2.05, 4.69) is 24.2 Å². The van der Waals surface area contributed by atoms with E-state index in [1.807, 2.05) is 11.8 Å². The van der Waals surface area contributed by atoms with Crippen LogP contribution in [0.3, 0.4) is 0 Å². The molecule has 2 rings (SSSR count). The molecule has 3 nitrogen and oxygen atoms in total. The minimum absolute atomic E-state index is 0.374. The molecule has 0 bridgehead atoms. The molecule has 2 aliphatic rings. The predicted octanol–water partition coefficient (Wildman–Crippen LogP) is 0.411. The van der Waals surface area contributed by atoms with Gasteiger partial charge in [0, 0.05) is 36.7 Å². The fourth-order valence-electron chi connectivity index (χ4n) is 1.92. The zero-order valence-electron chi connectivity index (χ0n) is 9.03. The molecule has 2 saturated heterocycles. The number of hydrogen-bond acceptors (Lipinski definition) is 4. The third-order valence-electron chi connectivity index (χ3n) is 2.99. The molecule has 4 heteroatoms. The number of morpholine rings is 1. The Bertz CT molecular complexity index is 187. The second-order valence-electron chi connectivity index (χ2n) is 4.36. The van der Waals surface area contributed by atoms with Crippen molar-refractivity contribution in [3.63, 3.8) is 0 Å². The highest BCUT2D eigenvalue weighted by Crippen LogP contribution is 2.19. The Morgan fingerprint density at radius 3 is 2.86 bits per heavy atom. The highest BCUT2D eigenvalue weighted by molar-refractivity contribution is 8.00. The van der Waals surface area contributed by atoms with E-state index in [0.717, 1.165) is 25.7 Å². The van der Waals surface area contributed by atoms with Gasteiger partial charge in [-0.25, -0.2) is 0 Å². The van der Waals surface area contributed by atoms with Crippen molar-refractivity contribution in [2.45, 2.75) is 25.1 Å². The molecule has 2 heterocycles. The highest BCUT2D eigenvalue weighted by atomic mass is 32.2. The van der Waals surface area contributed by atoms with Crippen molar-refractivity contribution in [3.05, 3.63) is 0 Å². The highest BCUT2D eigenvalue weighted by Gasteiger charge is 2.27. The molecule has 0 radical (unpaired) electrons. The van der Waals surface area contributed by atoms with Crippen LogP contribution in [0.15, 0.2) is 0 Å². The summed E-state index contributed by atoms with van der Waals surface area (Å²) in [7, 11) is 2.17. The van der Waals surface area contributed by atoms with Crippen molar-refractivity contribution < 1.29 is 4.74 Å². The van der Waals surface area contributed by atoms with E-state index >= 15 is 0 Å². The Hall–Kier alpha value is 0.230. The van der Waals surface area contributed by atoms with Crippen molar-refractivity contribution in [3.8, 4) is 0 Å². The second-order valence-corrected chi connectivity index (χ2v) is 5.44. The van der Waals surface area contributed by atoms with Gasteiger partial charge in [0.1, 0.15) is 0 Å². The molecular formula is C10H20N2OS. The van der Waals surface area contributed by atoms with E-state index in [9.17, 15) is 0 Å². The van der Waals surface area contributed by atoms with E-state index in [1.165, 1.54) is 11.5 Å². The fourth-order valence-corrected chi connectivity index (χ4v) is 2.59. The van der Waals surface area contributed by atoms with Crippen molar-refractivity contribution >= 4 is 11.8 Å². The number of ether oxygens (including phenoxy) is 1. The van der Waals surface area contributed by atoms with Gasteiger partial charge in [-0.3, -0.25) is 0 Å². The van der Waals surface area contributed by atoms with E-state index in [-0.39, 0.29) is 0 Å². The third kappa shape index (κ3) is 2.63. The molecule has 0 aromatic heterocycles. The molecule has 0 spiro atoms. The van der Waals surface area contributed by atoms with E-state index in [4.69, 9.17) is 4.74 Å². The summed E-state index contributed by atoms with van der Waals surface area (Å²) in [5.41, 5.74) is 0. The van der Waals surface area contributed by atoms with Gasteiger partial charge in [0.25, 0.3) is 0 Å². The van der Waals surface area contributed by atoms with Gasteiger partial charge in [0.2, 0.25) is 0 Å². The molecule has 82 valence electrons. The summed E-state index contributed by atoms with van der Waals surface area (Å²) in [5.74, 6) is 2.54. The summed E-state index contributed by atoms with van der Waals surface area (Å²) in [6.45, 7) is 5.26. The zero-order chi connectivity index (χ0) is 9.97. The topological polar surface area (TPSA) is 24.5 Å². The molecular weight excluding hydrogens is 196 g/mol. The Morgan fingerprint density at radius 2 is 2.29 bits per heavy atom. The molecule has 2 aliphatic heterocycles. The smallest absolute Gasteiger partial charge is 0.0852 e. The Labute approximate surface area is 90.6 Å². The Kier molecular flexibility index (Phi) is 3.71. The van der Waals surface area contributed by atoms with Crippen LogP contribution in [0.1, 0.15) is 6.92 Å². The maximum Gasteiger partial charge on any atom is 0.0852 e. The van der Waals surface area contributed by atoms with Crippen LogP contribution >= 0.6 is 11.8 Å². The summed E-state index contributed by atoms with van der Waals surface area (Å²) in [6, 6.07) is 1.22. The van der Waals surface area contributed by atoms with Crippen LogP contribution in [0.25, 0.3) is 0 Å². The molecule has 0 aromatic carbocycles. The lowest BCUT2D eigenvalue weighted by Gasteiger charge is -2.37. The number of nitrogens with zero attached hydrogens (tertiary/aromatic N) is 1. The van der Waals surface area contributed by atoms with E-state index < -0.39 is 0 Å². The number of hydrogen-bond donors (Lipinski definition) is 1. The molecule has 2 unspecified atom stereocenters. The Morgan fingerprint density at radius 1 is 1.50 bits per heavy atom. The standard InChI is InChI=1S/C10H20N2OS/c1-8(11-9-6-14-7-9)10-5-12(2)3-4-13-10/h8-11H,3-7H2,1-2H3. The van der Waals surface area contributed by atoms with Crippen LogP contribution in [0.5, 0.6) is 0 Å². The zero-order valence-corrected chi connectivity index (χ0v) is 9.85. The molecule has 0 aliphatic carbocycles. The van der Waals surface area contributed by atoms with Gasteiger partial charge < -0.3 is 15.0 Å². The first-order valence-electron chi connectivity index (χ1n) is 5.39. The lowest BCUT2D eigenvalue weighted by Crippen LogP contribution is -2.54. The lowest BCUT2D eigenvalue weighted by molar-refractivity contribution is -0.0365. The molecule has 1 N–H and O–H groups in total. The molecule has 0 saturated carbocycles. The summed E-state index contributed by atoms with van der Waals surface area (Å²) in [4.78, 5) is 2.35. The number of thioether (sulfide) groups is 1. The van der Waals surface area contributed by atoms with E-state index in [1.54, 1.807) is 0 Å². The van der Waals surface area contributed by atoms with Crippen molar-refractivity contribution in [2.75, 3.05) is 38.2 Å². The van der Waals surface area contributed by atoms with Gasteiger partial charge in [-0.1, -0.05) is 0 Å². The monoisotopic (exact) mass is 216 g/mol. The van der Waals surface area contributed by atoms with Crippen LogP contribution in [-0.2, 0) is 4.74 Å². The molecule has 0 aromatic rings. The van der Waals surface area contributed by atoms with Crippen LogP contribution in [0, 0.1) is 0 Å².